The monoisotopic (exact) mass is 205 g/mol. The Morgan fingerprint density at radius 2 is 2.21 bits per heavy atom. The summed E-state index contributed by atoms with van der Waals surface area (Å²) in [7, 11) is 0. The van der Waals surface area contributed by atoms with Gasteiger partial charge in [0.25, 0.3) is 0 Å². The van der Waals surface area contributed by atoms with Crippen LogP contribution in [0.25, 0.3) is 0 Å². The number of carbonyl (C=O) groups excluding carboxylic acids is 2. The Labute approximate surface area is 85.3 Å². The Kier molecular flexibility index (Phi) is 2.45. The third-order valence-electron chi connectivity index (χ3n) is 1.90. The molecule has 3 nitrogen and oxygen atoms in total. The van der Waals surface area contributed by atoms with Gasteiger partial charge in [-0.3, -0.25) is 14.6 Å². The molecule has 0 saturated heterocycles. The molecule has 0 spiro atoms. The van der Waals surface area contributed by atoms with E-state index in [4.69, 9.17) is 0 Å². The first-order chi connectivity index (χ1) is 6.75. The van der Waals surface area contributed by atoms with Crippen LogP contribution in [-0.4, -0.2) is 16.4 Å². The molecular weight excluding hydrogens is 198 g/mol. The van der Waals surface area contributed by atoms with E-state index in [1.54, 1.807) is 24.6 Å². The summed E-state index contributed by atoms with van der Waals surface area (Å²) in [5.74, 6) is 0. The number of thioether (sulfide) groups is 1. The molecule has 0 aromatic heterocycles. The van der Waals surface area contributed by atoms with Gasteiger partial charge < -0.3 is 0 Å². The summed E-state index contributed by atoms with van der Waals surface area (Å²) in [5.41, 5.74) is 1.64. The van der Waals surface area contributed by atoms with E-state index >= 15 is 0 Å². The van der Waals surface area contributed by atoms with E-state index < -0.39 is 0 Å². The van der Waals surface area contributed by atoms with Gasteiger partial charge in [0.15, 0.2) is 0 Å². The third-order valence-corrected chi connectivity index (χ3v) is 2.59. The molecule has 0 bridgehead atoms. The van der Waals surface area contributed by atoms with Crippen molar-refractivity contribution in [2.45, 2.75) is 6.42 Å². The highest BCUT2D eigenvalue weighted by Crippen LogP contribution is 2.26. The van der Waals surface area contributed by atoms with Crippen LogP contribution in [0.15, 0.2) is 40.6 Å². The number of hydrogen-bond acceptors (Lipinski definition) is 4. The standard InChI is InChI=1S/C10H7NO2S/c12-9-5-7-1-3-11-4-2-8(7)6-10(13)14-9/h1-5H,6H2. The second-order valence-corrected chi connectivity index (χ2v) is 3.94. The van der Waals surface area contributed by atoms with Gasteiger partial charge in [0.1, 0.15) is 0 Å². The number of carbonyl (C=O) groups is 2. The molecular formula is C10H7NO2S. The summed E-state index contributed by atoms with van der Waals surface area (Å²) in [6.45, 7) is 0. The first kappa shape index (κ1) is 9.15. The summed E-state index contributed by atoms with van der Waals surface area (Å²) in [4.78, 5) is 26.4. The molecule has 2 rings (SSSR count). The molecule has 0 fully saturated rings. The van der Waals surface area contributed by atoms with E-state index in [0.29, 0.717) is 6.42 Å². The molecule has 0 saturated carbocycles. The van der Waals surface area contributed by atoms with Gasteiger partial charge in [-0.15, -0.1) is 0 Å². The van der Waals surface area contributed by atoms with E-state index in [0.717, 1.165) is 22.9 Å². The van der Waals surface area contributed by atoms with Crippen molar-refractivity contribution in [2.75, 3.05) is 0 Å². The van der Waals surface area contributed by atoms with Crippen molar-refractivity contribution in [1.82, 2.24) is 0 Å². The number of fused-ring (bicyclic) bond motifs is 1. The zero-order chi connectivity index (χ0) is 9.97. The van der Waals surface area contributed by atoms with Crippen LogP contribution in [0.3, 0.4) is 0 Å². The van der Waals surface area contributed by atoms with Crippen molar-refractivity contribution < 1.29 is 9.59 Å². The van der Waals surface area contributed by atoms with Crippen molar-refractivity contribution >= 4 is 28.2 Å². The molecule has 0 N–H and O–H groups in total. The highest BCUT2D eigenvalue weighted by atomic mass is 32.2. The average molecular weight is 205 g/mol. The van der Waals surface area contributed by atoms with E-state index in [2.05, 4.69) is 4.99 Å². The topological polar surface area (TPSA) is 46.5 Å². The maximum Gasteiger partial charge on any atom is 0.220 e. The molecule has 0 atom stereocenters. The highest BCUT2D eigenvalue weighted by molar-refractivity contribution is 8.26. The van der Waals surface area contributed by atoms with Gasteiger partial charge >= 0.3 is 0 Å². The lowest BCUT2D eigenvalue weighted by Crippen LogP contribution is -1.94. The molecule has 0 aromatic rings. The predicted octanol–water partition coefficient (Wildman–Crippen LogP) is 1.63. The molecule has 0 aromatic carbocycles. The number of allylic oxidation sites excluding steroid dienone is 4. The van der Waals surface area contributed by atoms with Crippen molar-refractivity contribution in [3.8, 4) is 0 Å². The summed E-state index contributed by atoms with van der Waals surface area (Å²) in [6, 6.07) is 0. The average Bonchev–Trinajstić information content (AvgIpc) is 2.36. The molecule has 14 heavy (non-hydrogen) atoms. The quantitative estimate of drug-likeness (QED) is 0.603. The molecule has 4 heteroatoms. The van der Waals surface area contributed by atoms with Crippen molar-refractivity contribution in [3.05, 3.63) is 35.6 Å². The van der Waals surface area contributed by atoms with Crippen LogP contribution < -0.4 is 0 Å². The zero-order valence-electron chi connectivity index (χ0n) is 7.27. The lowest BCUT2D eigenvalue weighted by atomic mass is 10.0. The number of nitrogens with zero attached hydrogens (tertiary/aromatic N) is 1. The van der Waals surface area contributed by atoms with Crippen LogP contribution in [0.2, 0.25) is 0 Å². The fraction of sp³-hybridized carbons (Fsp3) is 0.100. The van der Waals surface area contributed by atoms with E-state index in [9.17, 15) is 9.59 Å². The number of hydrogen-bond donors (Lipinski definition) is 0. The summed E-state index contributed by atoms with van der Waals surface area (Å²) < 4.78 is 0. The zero-order valence-corrected chi connectivity index (χ0v) is 8.08. The Hall–Kier alpha value is -1.42. The lowest BCUT2D eigenvalue weighted by Gasteiger charge is -2.00. The minimum Gasteiger partial charge on any atom is -0.286 e. The van der Waals surface area contributed by atoms with E-state index in [1.165, 1.54) is 6.08 Å². The molecule has 0 amide bonds. The van der Waals surface area contributed by atoms with Gasteiger partial charge in [0.2, 0.25) is 10.2 Å². The van der Waals surface area contributed by atoms with Crippen molar-refractivity contribution in [1.29, 1.82) is 0 Å². The molecule has 2 aliphatic heterocycles. The molecule has 0 unspecified atom stereocenters. The molecule has 0 radical (unpaired) electrons. The van der Waals surface area contributed by atoms with Gasteiger partial charge in [0, 0.05) is 24.9 Å². The van der Waals surface area contributed by atoms with E-state index in [-0.39, 0.29) is 10.2 Å². The van der Waals surface area contributed by atoms with Gasteiger partial charge in [-0.05, 0) is 35.1 Å². The Morgan fingerprint density at radius 3 is 3.07 bits per heavy atom. The predicted molar refractivity (Wildman–Crippen MR) is 56.0 cm³/mol. The van der Waals surface area contributed by atoms with E-state index in [1.807, 2.05) is 0 Å². The first-order valence-electron chi connectivity index (χ1n) is 4.11. The molecule has 2 aliphatic rings. The Morgan fingerprint density at radius 1 is 1.36 bits per heavy atom. The molecule has 70 valence electrons. The minimum atomic E-state index is -0.208. The lowest BCUT2D eigenvalue weighted by molar-refractivity contribution is -0.111. The fourth-order valence-electron chi connectivity index (χ4n) is 1.27. The first-order valence-corrected chi connectivity index (χ1v) is 4.93. The van der Waals surface area contributed by atoms with Crippen molar-refractivity contribution in [3.63, 3.8) is 0 Å². The highest BCUT2D eigenvalue weighted by Gasteiger charge is 2.18. The molecule has 0 aliphatic carbocycles. The fourth-order valence-corrected chi connectivity index (χ4v) is 1.91. The van der Waals surface area contributed by atoms with Gasteiger partial charge in [-0.25, -0.2) is 0 Å². The Balaban J connectivity index is 2.45. The van der Waals surface area contributed by atoms with Crippen LogP contribution in [0.4, 0.5) is 0 Å². The van der Waals surface area contributed by atoms with Crippen LogP contribution >= 0.6 is 11.8 Å². The number of rotatable bonds is 0. The third kappa shape index (κ3) is 1.90. The van der Waals surface area contributed by atoms with Gasteiger partial charge in [-0.1, -0.05) is 0 Å². The van der Waals surface area contributed by atoms with Gasteiger partial charge in [-0.2, -0.15) is 0 Å². The second kappa shape index (κ2) is 3.75. The van der Waals surface area contributed by atoms with Crippen LogP contribution in [0.1, 0.15) is 6.42 Å². The smallest absolute Gasteiger partial charge is 0.220 e. The van der Waals surface area contributed by atoms with Crippen LogP contribution in [0, 0.1) is 0 Å². The summed E-state index contributed by atoms with van der Waals surface area (Å²) in [6.07, 6.45) is 8.52. The molecule has 2 heterocycles. The maximum absolute atomic E-state index is 11.3. The summed E-state index contributed by atoms with van der Waals surface area (Å²) in [5, 5.41) is -0.323. The van der Waals surface area contributed by atoms with Gasteiger partial charge in [0.05, 0.1) is 0 Å². The largest absolute Gasteiger partial charge is 0.286 e. The SMILES string of the molecule is O=C1C=C2C=CN=CC=C2CC(=O)S1. The van der Waals surface area contributed by atoms with Crippen molar-refractivity contribution in [2.24, 2.45) is 4.99 Å². The number of aliphatic imine (C=N–C) groups is 1. The maximum atomic E-state index is 11.3. The van der Waals surface area contributed by atoms with Crippen LogP contribution in [-0.2, 0) is 9.59 Å². The minimum absolute atomic E-state index is 0.115. The van der Waals surface area contributed by atoms with Crippen LogP contribution in [0.5, 0.6) is 0 Å². The second-order valence-electron chi connectivity index (χ2n) is 2.88. The summed E-state index contributed by atoms with van der Waals surface area (Å²) >= 11 is 0.761. The Bertz CT molecular complexity index is 416. The normalized spacial score (nSPS) is 20.9.